The predicted octanol–water partition coefficient (Wildman–Crippen LogP) is 3.00. The van der Waals surface area contributed by atoms with Gasteiger partial charge in [0.05, 0.1) is 12.1 Å². The first-order valence-electron chi connectivity index (χ1n) is 7.03. The van der Waals surface area contributed by atoms with Crippen molar-refractivity contribution in [2.75, 3.05) is 13.2 Å². The van der Waals surface area contributed by atoms with Gasteiger partial charge in [0.2, 0.25) is 0 Å². The van der Waals surface area contributed by atoms with Gasteiger partial charge < -0.3 is 10.1 Å². The van der Waals surface area contributed by atoms with E-state index in [-0.39, 0.29) is 0 Å². The second-order valence-corrected chi connectivity index (χ2v) is 5.42. The summed E-state index contributed by atoms with van der Waals surface area (Å²) in [7, 11) is 0. The molecule has 3 rings (SSSR count). The summed E-state index contributed by atoms with van der Waals surface area (Å²) in [5.41, 5.74) is 0.990. The van der Waals surface area contributed by atoms with Crippen molar-refractivity contribution in [2.45, 2.75) is 25.8 Å². The molecular weight excluding hydrogens is 236 g/mol. The van der Waals surface area contributed by atoms with E-state index in [1.54, 1.807) is 0 Å². The van der Waals surface area contributed by atoms with Crippen LogP contribution >= 0.6 is 0 Å². The lowest BCUT2D eigenvalue weighted by molar-refractivity contribution is 0.258. The Hall–Kier alpha value is -1.61. The molecule has 1 atom stereocenters. The highest BCUT2D eigenvalue weighted by atomic mass is 16.5. The fraction of sp³-hybridized carbons (Fsp3) is 0.438. The van der Waals surface area contributed by atoms with Crippen LogP contribution in [0.3, 0.4) is 0 Å². The van der Waals surface area contributed by atoms with Gasteiger partial charge >= 0.3 is 0 Å². The highest BCUT2D eigenvalue weighted by Gasteiger charge is 2.20. The van der Waals surface area contributed by atoms with Crippen LogP contribution < -0.4 is 10.1 Å². The Balaban J connectivity index is 1.61. The first-order chi connectivity index (χ1) is 9.33. The van der Waals surface area contributed by atoms with Gasteiger partial charge in [-0.05, 0) is 37.1 Å². The fourth-order valence-electron chi connectivity index (χ4n) is 2.15. The molecule has 1 aliphatic rings. The Labute approximate surface area is 114 Å². The topological polar surface area (TPSA) is 34.1 Å². The van der Waals surface area contributed by atoms with E-state index in [0.717, 1.165) is 35.8 Å². The third-order valence-electron chi connectivity index (χ3n) is 3.46. The predicted molar refractivity (Wildman–Crippen MR) is 77.4 cm³/mol. The molecule has 1 saturated carbocycles. The average molecular weight is 256 g/mol. The van der Waals surface area contributed by atoms with Crippen LogP contribution in [0.4, 0.5) is 0 Å². The van der Waals surface area contributed by atoms with Gasteiger partial charge in [-0.2, -0.15) is 0 Å². The first-order valence-corrected chi connectivity index (χ1v) is 7.03. The van der Waals surface area contributed by atoms with Crippen LogP contribution in [0.1, 0.15) is 19.8 Å². The molecule has 3 nitrogen and oxygen atoms in total. The van der Waals surface area contributed by atoms with Crippen molar-refractivity contribution in [3.05, 3.63) is 36.5 Å². The number of ether oxygens (including phenoxy) is 1. The van der Waals surface area contributed by atoms with Crippen LogP contribution in [0, 0.1) is 5.92 Å². The van der Waals surface area contributed by atoms with Gasteiger partial charge in [0.15, 0.2) is 0 Å². The molecule has 0 amide bonds. The average Bonchev–Trinajstić information content (AvgIpc) is 3.27. The monoisotopic (exact) mass is 256 g/mol. The highest BCUT2D eigenvalue weighted by molar-refractivity contribution is 5.84. The Bertz CT molecular complexity index is 546. The molecule has 1 N–H and O–H groups in total. The van der Waals surface area contributed by atoms with E-state index in [9.17, 15) is 0 Å². The number of nitrogens with zero attached hydrogens (tertiary/aromatic N) is 1. The molecule has 1 aliphatic carbocycles. The Morgan fingerprint density at radius 1 is 1.32 bits per heavy atom. The Morgan fingerprint density at radius 2 is 2.21 bits per heavy atom. The summed E-state index contributed by atoms with van der Waals surface area (Å²) >= 11 is 0. The smallest absolute Gasteiger partial charge is 0.128 e. The van der Waals surface area contributed by atoms with Crippen molar-refractivity contribution < 1.29 is 4.74 Å². The first kappa shape index (κ1) is 12.4. The van der Waals surface area contributed by atoms with Gasteiger partial charge in [-0.15, -0.1) is 0 Å². The van der Waals surface area contributed by atoms with Crippen LogP contribution in [0.15, 0.2) is 36.5 Å². The number of fused-ring (bicyclic) bond motifs is 1. The number of aromatic nitrogens is 1. The van der Waals surface area contributed by atoms with Gasteiger partial charge in [0.25, 0.3) is 0 Å². The largest absolute Gasteiger partial charge is 0.493 e. The molecule has 0 saturated heterocycles. The summed E-state index contributed by atoms with van der Waals surface area (Å²) in [5.74, 6) is 1.45. The van der Waals surface area contributed by atoms with E-state index in [1.807, 2.05) is 30.5 Å². The zero-order valence-electron chi connectivity index (χ0n) is 11.3. The summed E-state index contributed by atoms with van der Waals surface area (Å²) in [6.45, 7) is 4.00. The molecular formula is C16H20N2O. The van der Waals surface area contributed by atoms with Crippen LogP contribution in [0.2, 0.25) is 0 Å². The third-order valence-corrected chi connectivity index (χ3v) is 3.46. The summed E-state index contributed by atoms with van der Waals surface area (Å²) in [6, 6.07) is 10.8. The number of nitrogens with one attached hydrogen (secondary N) is 1. The normalized spacial score (nSPS) is 16.5. The minimum absolute atomic E-state index is 0.521. The quantitative estimate of drug-likeness (QED) is 0.862. The number of rotatable bonds is 6. The van der Waals surface area contributed by atoms with Gasteiger partial charge in [-0.1, -0.05) is 13.0 Å². The molecule has 0 aliphatic heterocycles. The Kier molecular flexibility index (Phi) is 3.65. The summed E-state index contributed by atoms with van der Waals surface area (Å²) < 4.78 is 5.95. The molecule has 1 heterocycles. The van der Waals surface area contributed by atoms with Crippen LogP contribution in [0.25, 0.3) is 10.9 Å². The van der Waals surface area contributed by atoms with Crippen LogP contribution in [-0.2, 0) is 0 Å². The minimum atomic E-state index is 0.521. The zero-order chi connectivity index (χ0) is 13.1. The van der Waals surface area contributed by atoms with Crippen molar-refractivity contribution in [3.63, 3.8) is 0 Å². The van der Waals surface area contributed by atoms with Crippen LogP contribution in [0.5, 0.6) is 5.75 Å². The standard InChI is InChI=1S/C16H20N2O/c1-12(10-18-13-7-8-13)11-19-16-6-2-5-15-14(16)4-3-9-17-15/h2-6,9,12-13,18H,7-8,10-11H2,1H3. The van der Waals surface area contributed by atoms with Crippen molar-refractivity contribution in [3.8, 4) is 5.75 Å². The molecule has 0 radical (unpaired) electrons. The van der Waals surface area contributed by atoms with Gasteiger partial charge in [-0.3, -0.25) is 4.98 Å². The number of benzene rings is 1. The maximum Gasteiger partial charge on any atom is 0.128 e. The van der Waals surface area contributed by atoms with E-state index in [4.69, 9.17) is 4.74 Å². The minimum Gasteiger partial charge on any atom is -0.493 e. The molecule has 0 spiro atoms. The molecule has 19 heavy (non-hydrogen) atoms. The highest BCUT2D eigenvalue weighted by Crippen LogP contribution is 2.24. The van der Waals surface area contributed by atoms with Gasteiger partial charge in [0, 0.05) is 30.1 Å². The van der Waals surface area contributed by atoms with E-state index in [2.05, 4.69) is 23.3 Å². The summed E-state index contributed by atoms with van der Waals surface area (Å²) in [6.07, 6.45) is 4.49. The van der Waals surface area contributed by atoms with E-state index in [0.29, 0.717) is 5.92 Å². The van der Waals surface area contributed by atoms with E-state index in [1.165, 1.54) is 12.8 Å². The number of pyridine rings is 1. The van der Waals surface area contributed by atoms with E-state index >= 15 is 0 Å². The SMILES string of the molecule is CC(CNC1CC1)COc1cccc2ncccc12. The summed E-state index contributed by atoms with van der Waals surface area (Å²) in [4.78, 5) is 4.34. The van der Waals surface area contributed by atoms with Crippen molar-refractivity contribution in [1.82, 2.24) is 10.3 Å². The number of hydrogen-bond donors (Lipinski definition) is 1. The second-order valence-electron chi connectivity index (χ2n) is 5.42. The lowest BCUT2D eigenvalue weighted by Gasteiger charge is -2.14. The molecule has 1 aromatic heterocycles. The van der Waals surface area contributed by atoms with Crippen LogP contribution in [-0.4, -0.2) is 24.2 Å². The third kappa shape index (κ3) is 3.24. The lowest BCUT2D eigenvalue weighted by atomic mass is 10.2. The fourth-order valence-corrected chi connectivity index (χ4v) is 2.15. The Morgan fingerprint density at radius 3 is 3.05 bits per heavy atom. The zero-order valence-corrected chi connectivity index (χ0v) is 11.3. The lowest BCUT2D eigenvalue weighted by Crippen LogP contribution is -2.26. The van der Waals surface area contributed by atoms with Gasteiger partial charge in [0.1, 0.15) is 5.75 Å². The maximum atomic E-state index is 5.95. The van der Waals surface area contributed by atoms with Gasteiger partial charge in [-0.25, -0.2) is 0 Å². The van der Waals surface area contributed by atoms with Crippen molar-refractivity contribution >= 4 is 10.9 Å². The molecule has 1 aromatic carbocycles. The summed E-state index contributed by atoms with van der Waals surface area (Å²) in [5, 5.41) is 4.63. The molecule has 1 unspecified atom stereocenters. The number of hydrogen-bond acceptors (Lipinski definition) is 3. The van der Waals surface area contributed by atoms with Crippen molar-refractivity contribution in [2.24, 2.45) is 5.92 Å². The maximum absolute atomic E-state index is 5.95. The van der Waals surface area contributed by atoms with E-state index < -0.39 is 0 Å². The molecule has 100 valence electrons. The second kappa shape index (κ2) is 5.57. The molecule has 2 aromatic rings. The molecule has 1 fully saturated rings. The molecule has 0 bridgehead atoms. The van der Waals surface area contributed by atoms with Crippen molar-refractivity contribution in [1.29, 1.82) is 0 Å². The molecule has 3 heteroatoms.